The second-order valence-electron chi connectivity index (χ2n) is 4.34. The van der Waals surface area contributed by atoms with Crippen LogP contribution in [-0.2, 0) is 4.79 Å². The van der Waals surface area contributed by atoms with Crippen molar-refractivity contribution in [1.29, 1.82) is 0 Å². The molecule has 0 aliphatic carbocycles. The fourth-order valence-corrected chi connectivity index (χ4v) is 2.07. The van der Waals surface area contributed by atoms with Crippen LogP contribution in [0.2, 0.25) is 25.7 Å². The van der Waals surface area contributed by atoms with E-state index in [1.165, 1.54) is 0 Å². The minimum absolute atomic E-state index is 0.165. The first-order chi connectivity index (χ1) is 4.83. The molecule has 1 atom stereocenters. The Balaban J connectivity index is 3.63. The first kappa shape index (κ1) is 10.7. The first-order valence-electron chi connectivity index (χ1n) is 4.06. The van der Waals surface area contributed by atoms with Crippen LogP contribution in [0.3, 0.4) is 0 Å². The van der Waals surface area contributed by atoms with Gasteiger partial charge < -0.3 is 5.11 Å². The third kappa shape index (κ3) is 6.10. The molecule has 66 valence electrons. The van der Waals surface area contributed by atoms with Crippen LogP contribution in [0, 0.1) is 5.92 Å². The molecule has 0 amide bonds. The summed E-state index contributed by atoms with van der Waals surface area (Å²) >= 11 is 0. The second kappa shape index (κ2) is 3.90. The summed E-state index contributed by atoms with van der Waals surface area (Å²) in [7, 11) is -1.03. The third-order valence-electron chi connectivity index (χ3n) is 1.75. The van der Waals surface area contributed by atoms with E-state index in [9.17, 15) is 4.79 Å². The highest BCUT2D eigenvalue weighted by Crippen LogP contribution is 2.16. The van der Waals surface area contributed by atoms with Gasteiger partial charge in [-0.2, -0.15) is 0 Å². The van der Waals surface area contributed by atoms with Gasteiger partial charge in [0.1, 0.15) is 0 Å². The summed E-state index contributed by atoms with van der Waals surface area (Å²) in [5.41, 5.74) is 0. The molecule has 0 bridgehead atoms. The van der Waals surface area contributed by atoms with Gasteiger partial charge in [0.05, 0.1) is 5.92 Å². The van der Waals surface area contributed by atoms with Crippen molar-refractivity contribution in [1.82, 2.24) is 0 Å². The number of rotatable bonds is 4. The van der Waals surface area contributed by atoms with Crippen molar-refractivity contribution in [2.75, 3.05) is 0 Å². The Labute approximate surface area is 69.6 Å². The van der Waals surface area contributed by atoms with Gasteiger partial charge in [0, 0.05) is 8.07 Å². The van der Waals surface area contributed by atoms with Crippen molar-refractivity contribution in [3.63, 3.8) is 0 Å². The number of aliphatic carboxylic acids is 1. The lowest BCUT2D eigenvalue weighted by atomic mass is 10.1. The monoisotopic (exact) mass is 174 g/mol. The molecule has 3 heteroatoms. The van der Waals surface area contributed by atoms with Gasteiger partial charge in [-0.15, -0.1) is 0 Å². The van der Waals surface area contributed by atoms with Crippen molar-refractivity contribution in [3.8, 4) is 0 Å². The zero-order valence-corrected chi connectivity index (χ0v) is 8.85. The fourth-order valence-electron chi connectivity index (χ4n) is 0.773. The molecule has 0 rings (SSSR count). The SMILES string of the molecule is CC(CC[Si](C)(C)C)C(=O)O. The Morgan fingerprint density at radius 3 is 2.18 bits per heavy atom. The van der Waals surface area contributed by atoms with Gasteiger partial charge in [-0.25, -0.2) is 0 Å². The average Bonchev–Trinajstić information content (AvgIpc) is 1.80. The van der Waals surface area contributed by atoms with Crippen molar-refractivity contribution in [2.45, 2.75) is 39.0 Å². The minimum atomic E-state index is -1.03. The highest BCUT2D eigenvalue weighted by Gasteiger charge is 2.17. The number of carbonyl (C=O) groups is 1. The van der Waals surface area contributed by atoms with Crippen molar-refractivity contribution in [2.24, 2.45) is 5.92 Å². The second-order valence-corrected chi connectivity index (χ2v) is 9.96. The highest BCUT2D eigenvalue weighted by atomic mass is 28.3. The zero-order chi connectivity index (χ0) is 9.07. The number of carboxylic acids is 1. The largest absolute Gasteiger partial charge is 0.481 e. The molecule has 11 heavy (non-hydrogen) atoms. The first-order valence-corrected chi connectivity index (χ1v) is 7.76. The van der Waals surface area contributed by atoms with E-state index in [-0.39, 0.29) is 5.92 Å². The normalized spacial score (nSPS) is 14.5. The van der Waals surface area contributed by atoms with Crippen molar-refractivity contribution >= 4 is 14.0 Å². The molecule has 0 saturated carbocycles. The van der Waals surface area contributed by atoms with Crippen LogP contribution in [0.5, 0.6) is 0 Å². The molecule has 0 aromatic rings. The predicted octanol–water partition coefficient (Wildman–Crippen LogP) is 2.44. The molecule has 0 radical (unpaired) electrons. The lowest BCUT2D eigenvalue weighted by molar-refractivity contribution is -0.141. The van der Waals surface area contributed by atoms with Gasteiger partial charge in [-0.3, -0.25) is 4.79 Å². The minimum Gasteiger partial charge on any atom is -0.481 e. The third-order valence-corrected chi connectivity index (χ3v) is 3.54. The standard InChI is InChI=1S/C8H18O2Si/c1-7(8(9)10)5-6-11(2,3)4/h7H,5-6H2,1-4H3,(H,9,10). The molecule has 0 aromatic heterocycles. The van der Waals surface area contributed by atoms with Crippen LogP contribution in [0.4, 0.5) is 0 Å². The number of hydrogen-bond acceptors (Lipinski definition) is 1. The molecule has 0 spiro atoms. The van der Waals surface area contributed by atoms with Gasteiger partial charge >= 0.3 is 5.97 Å². The number of carboxylic acid groups (broad SMARTS) is 1. The molecular weight excluding hydrogens is 156 g/mol. The molecular formula is C8H18O2Si. The molecule has 0 heterocycles. The van der Waals surface area contributed by atoms with E-state index in [0.29, 0.717) is 0 Å². The molecule has 1 N–H and O–H groups in total. The van der Waals surface area contributed by atoms with Crippen LogP contribution in [-0.4, -0.2) is 19.1 Å². The summed E-state index contributed by atoms with van der Waals surface area (Å²) < 4.78 is 0. The maximum absolute atomic E-state index is 10.4. The summed E-state index contributed by atoms with van der Waals surface area (Å²) in [6.45, 7) is 8.58. The molecule has 0 aliphatic heterocycles. The Kier molecular flexibility index (Phi) is 3.79. The lowest BCUT2D eigenvalue weighted by Crippen LogP contribution is -2.22. The van der Waals surface area contributed by atoms with E-state index in [0.717, 1.165) is 12.5 Å². The van der Waals surface area contributed by atoms with E-state index in [4.69, 9.17) is 5.11 Å². The molecule has 0 aliphatic rings. The van der Waals surface area contributed by atoms with Gasteiger partial charge in [-0.05, 0) is 6.42 Å². The Morgan fingerprint density at radius 1 is 1.45 bits per heavy atom. The van der Waals surface area contributed by atoms with Crippen LogP contribution < -0.4 is 0 Å². The average molecular weight is 174 g/mol. The summed E-state index contributed by atoms with van der Waals surface area (Å²) in [5, 5.41) is 8.59. The highest BCUT2D eigenvalue weighted by molar-refractivity contribution is 6.76. The van der Waals surface area contributed by atoms with Crippen LogP contribution in [0.25, 0.3) is 0 Å². The Hall–Kier alpha value is -0.313. The van der Waals surface area contributed by atoms with Gasteiger partial charge in [0.2, 0.25) is 0 Å². The molecule has 0 aromatic carbocycles. The number of hydrogen-bond donors (Lipinski definition) is 1. The van der Waals surface area contributed by atoms with Crippen LogP contribution >= 0.6 is 0 Å². The van der Waals surface area contributed by atoms with Gasteiger partial charge in [-0.1, -0.05) is 32.6 Å². The molecule has 0 saturated heterocycles. The molecule has 2 nitrogen and oxygen atoms in total. The Morgan fingerprint density at radius 2 is 1.91 bits per heavy atom. The van der Waals surface area contributed by atoms with Gasteiger partial charge in [0.15, 0.2) is 0 Å². The van der Waals surface area contributed by atoms with E-state index in [2.05, 4.69) is 19.6 Å². The summed E-state index contributed by atoms with van der Waals surface area (Å²) in [4.78, 5) is 10.4. The van der Waals surface area contributed by atoms with Gasteiger partial charge in [0.25, 0.3) is 0 Å². The summed E-state index contributed by atoms with van der Waals surface area (Å²) in [6.07, 6.45) is 0.838. The van der Waals surface area contributed by atoms with Crippen molar-refractivity contribution in [3.05, 3.63) is 0 Å². The van der Waals surface area contributed by atoms with Crippen LogP contribution in [0.15, 0.2) is 0 Å². The zero-order valence-electron chi connectivity index (χ0n) is 7.85. The smallest absolute Gasteiger partial charge is 0.306 e. The van der Waals surface area contributed by atoms with E-state index < -0.39 is 14.0 Å². The molecule has 1 unspecified atom stereocenters. The van der Waals surface area contributed by atoms with E-state index >= 15 is 0 Å². The van der Waals surface area contributed by atoms with E-state index in [1.54, 1.807) is 6.92 Å². The van der Waals surface area contributed by atoms with Crippen LogP contribution in [0.1, 0.15) is 13.3 Å². The van der Waals surface area contributed by atoms with E-state index in [1.807, 2.05) is 0 Å². The molecule has 0 fully saturated rings. The summed E-state index contributed by atoms with van der Waals surface area (Å²) in [5.74, 6) is -0.829. The maximum Gasteiger partial charge on any atom is 0.306 e. The quantitative estimate of drug-likeness (QED) is 0.665. The topological polar surface area (TPSA) is 37.3 Å². The fraction of sp³-hybridized carbons (Fsp3) is 0.875. The maximum atomic E-state index is 10.4. The van der Waals surface area contributed by atoms with Crippen molar-refractivity contribution < 1.29 is 9.90 Å². The Bertz CT molecular complexity index is 138. The summed E-state index contributed by atoms with van der Waals surface area (Å²) in [6, 6.07) is 1.11. The predicted molar refractivity (Wildman–Crippen MR) is 49.6 cm³/mol. The lowest BCUT2D eigenvalue weighted by Gasteiger charge is -2.16.